The number of carbonyl (C=O) groups is 1. The molecule has 2 aromatic heterocycles. The van der Waals surface area contributed by atoms with Crippen molar-refractivity contribution in [3.63, 3.8) is 0 Å². The number of benzene rings is 2. The van der Waals surface area contributed by atoms with E-state index in [0.29, 0.717) is 5.76 Å². The van der Waals surface area contributed by atoms with Crippen LogP contribution in [-0.4, -0.2) is 39.0 Å². The molecule has 2 aliphatic rings. The fourth-order valence-corrected chi connectivity index (χ4v) is 5.30. The number of fused-ring (bicyclic) bond motifs is 3. The summed E-state index contributed by atoms with van der Waals surface area (Å²) in [5.41, 5.74) is 4.96. The predicted molar refractivity (Wildman–Crippen MR) is 124 cm³/mol. The normalized spacial score (nSPS) is 21.2. The van der Waals surface area contributed by atoms with E-state index < -0.39 is 6.09 Å². The van der Waals surface area contributed by atoms with Gasteiger partial charge in [-0.25, -0.2) is 4.79 Å². The van der Waals surface area contributed by atoms with Crippen LogP contribution in [0.3, 0.4) is 0 Å². The quantitative estimate of drug-likeness (QED) is 0.442. The number of ether oxygens (including phenoxy) is 1. The van der Waals surface area contributed by atoms with Gasteiger partial charge in [-0.1, -0.05) is 35.5 Å². The van der Waals surface area contributed by atoms with E-state index in [0.717, 1.165) is 29.3 Å². The van der Waals surface area contributed by atoms with Gasteiger partial charge in [-0.3, -0.25) is 4.90 Å². The highest BCUT2D eigenvalue weighted by molar-refractivity contribution is 6.08. The summed E-state index contributed by atoms with van der Waals surface area (Å²) in [6.45, 7) is 5.23. The summed E-state index contributed by atoms with van der Waals surface area (Å²) >= 11 is 0. The van der Waals surface area contributed by atoms with Crippen molar-refractivity contribution in [2.45, 2.75) is 45.4 Å². The van der Waals surface area contributed by atoms with Gasteiger partial charge in [-0.05, 0) is 50.3 Å². The molecule has 7 heteroatoms. The van der Waals surface area contributed by atoms with Crippen LogP contribution in [0.1, 0.15) is 47.6 Å². The van der Waals surface area contributed by atoms with E-state index in [1.807, 2.05) is 13.8 Å². The second-order valence-electron chi connectivity index (χ2n) is 9.36. The molecule has 1 aliphatic heterocycles. The summed E-state index contributed by atoms with van der Waals surface area (Å²) in [6, 6.07) is 14.5. The van der Waals surface area contributed by atoms with E-state index in [9.17, 15) is 9.90 Å². The van der Waals surface area contributed by atoms with Crippen molar-refractivity contribution in [2.24, 2.45) is 5.92 Å². The van der Waals surface area contributed by atoms with Crippen molar-refractivity contribution >= 4 is 27.9 Å². The van der Waals surface area contributed by atoms with Gasteiger partial charge in [0.15, 0.2) is 0 Å². The Labute approximate surface area is 191 Å². The zero-order chi connectivity index (χ0) is 22.7. The van der Waals surface area contributed by atoms with Gasteiger partial charge in [0.05, 0.1) is 24.9 Å². The first-order chi connectivity index (χ1) is 16.0. The molecule has 0 spiro atoms. The number of morpholine rings is 1. The molecule has 1 aliphatic carbocycles. The highest BCUT2D eigenvalue weighted by atomic mass is 16.5. The summed E-state index contributed by atoms with van der Waals surface area (Å²) < 4.78 is 13.9. The first kappa shape index (κ1) is 20.3. The number of aryl methyl sites for hydroxylation is 2. The third-order valence-electron chi connectivity index (χ3n) is 7.17. The summed E-state index contributed by atoms with van der Waals surface area (Å²) in [7, 11) is 0. The lowest BCUT2D eigenvalue weighted by atomic mass is 9.99. The van der Waals surface area contributed by atoms with E-state index >= 15 is 0 Å². The maximum atomic E-state index is 12.3. The zero-order valence-corrected chi connectivity index (χ0v) is 18.8. The molecule has 7 nitrogen and oxygen atoms in total. The van der Waals surface area contributed by atoms with Crippen LogP contribution < -0.4 is 0 Å². The first-order valence-electron chi connectivity index (χ1n) is 11.6. The van der Waals surface area contributed by atoms with Crippen molar-refractivity contribution in [3.05, 3.63) is 65.0 Å². The molecule has 2 atom stereocenters. The smallest absolute Gasteiger partial charge is 0.407 e. The maximum absolute atomic E-state index is 12.3. The van der Waals surface area contributed by atoms with Gasteiger partial charge in [-0.15, -0.1) is 0 Å². The van der Waals surface area contributed by atoms with Gasteiger partial charge < -0.3 is 18.9 Å². The van der Waals surface area contributed by atoms with Crippen molar-refractivity contribution < 1.29 is 19.2 Å². The Morgan fingerprint density at radius 1 is 1.12 bits per heavy atom. The summed E-state index contributed by atoms with van der Waals surface area (Å²) in [5.74, 6) is 1.41. The predicted octanol–water partition coefficient (Wildman–Crippen LogP) is 5.60. The van der Waals surface area contributed by atoms with Crippen molar-refractivity contribution in [3.8, 4) is 0 Å². The summed E-state index contributed by atoms with van der Waals surface area (Å²) in [5, 5.41) is 16.5. The fraction of sp³-hybridized carbons (Fsp3) is 0.385. The molecule has 0 radical (unpaired) electrons. The Morgan fingerprint density at radius 3 is 2.64 bits per heavy atom. The monoisotopic (exact) mass is 445 g/mol. The molecule has 2 unspecified atom stereocenters. The van der Waals surface area contributed by atoms with E-state index in [-0.39, 0.29) is 25.3 Å². The summed E-state index contributed by atoms with van der Waals surface area (Å²) in [4.78, 5) is 13.8. The summed E-state index contributed by atoms with van der Waals surface area (Å²) in [6.07, 6.45) is 1.23. The Hall–Kier alpha value is -3.32. The minimum atomic E-state index is -0.946. The number of hydrogen-bond acceptors (Lipinski definition) is 4. The molecule has 6 rings (SSSR count). The van der Waals surface area contributed by atoms with Gasteiger partial charge in [0, 0.05) is 33.9 Å². The lowest BCUT2D eigenvalue weighted by Gasteiger charge is -2.38. The molecule has 1 amide bonds. The average molecular weight is 446 g/mol. The van der Waals surface area contributed by atoms with Gasteiger partial charge in [0.25, 0.3) is 0 Å². The molecule has 3 heterocycles. The Kier molecular flexibility index (Phi) is 4.69. The third kappa shape index (κ3) is 3.38. The van der Waals surface area contributed by atoms with Crippen molar-refractivity contribution in [1.29, 1.82) is 0 Å². The van der Waals surface area contributed by atoms with Gasteiger partial charge >= 0.3 is 6.09 Å². The van der Waals surface area contributed by atoms with E-state index in [4.69, 9.17) is 9.26 Å². The SMILES string of the molecule is Cc1noc(C)c1C1CN(C(=O)O)C(c2ccc3c4ccccc4n(CC4CC4)c3c2)CO1. The standard InChI is InChI=1S/C26H27N3O4/c1-15-25(16(2)33-27-15)24-13-29(26(30)31)23(14-32-24)18-9-10-20-19-5-3-4-6-21(19)28(22(20)11-18)12-17-7-8-17/h3-6,9-11,17,23-24H,7-8,12-14H2,1-2H3,(H,30,31). The molecular weight excluding hydrogens is 418 g/mol. The lowest BCUT2D eigenvalue weighted by Crippen LogP contribution is -2.44. The number of amides is 1. The van der Waals surface area contributed by atoms with Crippen LogP contribution in [0.5, 0.6) is 0 Å². The van der Waals surface area contributed by atoms with E-state index in [2.05, 4.69) is 52.2 Å². The fourth-order valence-electron chi connectivity index (χ4n) is 5.30. The number of nitrogens with zero attached hydrogens (tertiary/aromatic N) is 3. The Balaban J connectivity index is 1.39. The Morgan fingerprint density at radius 2 is 1.91 bits per heavy atom. The molecule has 4 aromatic rings. The Bertz CT molecular complexity index is 1350. The highest BCUT2D eigenvalue weighted by Gasteiger charge is 2.36. The minimum absolute atomic E-state index is 0.242. The van der Waals surface area contributed by atoms with E-state index in [1.165, 1.54) is 39.5 Å². The number of hydrogen-bond donors (Lipinski definition) is 1. The molecule has 170 valence electrons. The number of para-hydroxylation sites is 1. The van der Waals surface area contributed by atoms with Crippen LogP contribution >= 0.6 is 0 Å². The van der Waals surface area contributed by atoms with Crippen molar-refractivity contribution in [1.82, 2.24) is 14.6 Å². The zero-order valence-electron chi connectivity index (χ0n) is 18.8. The number of rotatable bonds is 4. The maximum Gasteiger partial charge on any atom is 0.407 e. The van der Waals surface area contributed by atoms with Gasteiger partial charge in [0.1, 0.15) is 11.9 Å². The average Bonchev–Trinajstić information content (AvgIpc) is 3.51. The molecule has 2 fully saturated rings. The lowest BCUT2D eigenvalue weighted by molar-refractivity contribution is -0.0574. The third-order valence-corrected chi connectivity index (χ3v) is 7.17. The molecular formula is C26H27N3O4. The van der Waals surface area contributed by atoms with Crippen LogP contribution in [0.25, 0.3) is 21.8 Å². The second-order valence-corrected chi connectivity index (χ2v) is 9.36. The second kappa shape index (κ2) is 7.63. The molecule has 33 heavy (non-hydrogen) atoms. The van der Waals surface area contributed by atoms with Crippen LogP contribution in [0.4, 0.5) is 4.79 Å². The topological polar surface area (TPSA) is 80.7 Å². The van der Waals surface area contributed by atoms with Crippen LogP contribution in [-0.2, 0) is 11.3 Å². The number of aromatic nitrogens is 2. The van der Waals surface area contributed by atoms with Crippen molar-refractivity contribution in [2.75, 3.05) is 13.2 Å². The first-order valence-corrected chi connectivity index (χ1v) is 11.6. The van der Waals surface area contributed by atoms with Gasteiger partial charge in [0.2, 0.25) is 0 Å². The van der Waals surface area contributed by atoms with Crippen LogP contribution in [0.2, 0.25) is 0 Å². The number of carboxylic acid groups (broad SMARTS) is 1. The largest absolute Gasteiger partial charge is 0.465 e. The van der Waals surface area contributed by atoms with Crippen LogP contribution in [0, 0.1) is 19.8 Å². The molecule has 2 aromatic carbocycles. The molecule has 0 bridgehead atoms. The minimum Gasteiger partial charge on any atom is -0.465 e. The molecule has 1 N–H and O–H groups in total. The van der Waals surface area contributed by atoms with Crippen LogP contribution in [0.15, 0.2) is 47.0 Å². The molecule has 1 saturated heterocycles. The van der Waals surface area contributed by atoms with Gasteiger partial charge in [-0.2, -0.15) is 0 Å². The highest BCUT2D eigenvalue weighted by Crippen LogP contribution is 2.39. The van der Waals surface area contributed by atoms with E-state index in [1.54, 1.807) is 0 Å². The molecule has 1 saturated carbocycles.